The van der Waals surface area contributed by atoms with Crippen LogP contribution in [0.4, 0.5) is 0 Å². The van der Waals surface area contributed by atoms with Gasteiger partial charge in [-0.3, -0.25) is 9.59 Å². The molecule has 6 heteroatoms. The Balaban J connectivity index is 1.99. The zero-order valence-corrected chi connectivity index (χ0v) is 12.5. The van der Waals surface area contributed by atoms with Crippen molar-refractivity contribution < 1.29 is 19.5 Å². The van der Waals surface area contributed by atoms with Gasteiger partial charge < -0.3 is 15.3 Å². The lowest BCUT2D eigenvalue weighted by Gasteiger charge is -2.33. The Labute approximate surface area is 129 Å². The van der Waals surface area contributed by atoms with Crippen molar-refractivity contribution in [3.05, 3.63) is 35.4 Å². The van der Waals surface area contributed by atoms with E-state index in [1.807, 2.05) is 12.1 Å². The van der Waals surface area contributed by atoms with Crippen molar-refractivity contribution >= 4 is 17.8 Å². The van der Waals surface area contributed by atoms with Gasteiger partial charge in [-0.05, 0) is 30.5 Å². The molecule has 1 aromatic carbocycles. The Morgan fingerprint density at radius 2 is 1.95 bits per heavy atom. The fraction of sp³-hybridized carbons (Fsp3) is 0.438. The van der Waals surface area contributed by atoms with Crippen LogP contribution in [0.3, 0.4) is 0 Å². The van der Waals surface area contributed by atoms with Crippen LogP contribution < -0.4 is 5.32 Å². The highest BCUT2D eigenvalue weighted by Gasteiger charge is 2.24. The molecule has 6 nitrogen and oxygen atoms in total. The lowest BCUT2D eigenvalue weighted by Crippen LogP contribution is -2.44. The minimum atomic E-state index is -0.942. The van der Waals surface area contributed by atoms with Crippen LogP contribution in [0.2, 0.25) is 0 Å². The number of amides is 2. The summed E-state index contributed by atoms with van der Waals surface area (Å²) in [5.74, 6) is -1.03. The summed E-state index contributed by atoms with van der Waals surface area (Å²) in [4.78, 5) is 35.6. The zero-order chi connectivity index (χ0) is 16.1. The Hall–Kier alpha value is -2.37. The molecule has 2 rings (SSSR count). The quantitative estimate of drug-likeness (QED) is 0.876. The fourth-order valence-electron chi connectivity index (χ4n) is 2.69. The average Bonchev–Trinajstić information content (AvgIpc) is 2.52. The number of aromatic carboxylic acids is 1. The average molecular weight is 304 g/mol. The molecule has 1 fully saturated rings. The number of hydrogen-bond donors (Lipinski definition) is 2. The van der Waals surface area contributed by atoms with Crippen LogP contribution in [-0.4, -0.2) is 47.4 Å². The molecule has 118 valence electrons. The highest BCUT2D eigenvalue weighted by atomic mass is 16.4. The van der Waals surface area contributed by atoms with Crippen LogP contribution in [0, 0.1) is 0 Å². The first-order valence-corrected chi connectivity index (χ1v) is 7.33. The molecule has 1 heterocycles. The number of carboxylic acid groups (broad SMARTS) is 1. The Morgan fingerprint density at radius 3 is 2.55 bits per heavy atom. The molecule has 1 aliphatic rings. The molecule has 0 radical (unpaired) electrons. The molecule has 0 saturated carbocycles. The highest BCUT2D eigenvalue weighted by Crippen LogP contribution is 2.27. The van der Waals surface area contributed by atoms with Crippen molar-refractivity contribution in [3.8, 4) is 0 Å². The van der Waals surface area contributed by atoms with Crippen molar-refractivity contribution in [2.45, 2.75) is 25.7 Å². The molecular weight excluding hydrogens is 284 g/mol. The predicted molar refractivity (Wildman–Crippen MR) is 80.6 cm³/mol. The molecular formula is C16H20N2O4. The lowest BCUT2D eigenvalue weighted by atomic mass is 9.90. The minimum Gasteiger partial charge on any atom is -0.478 e. The number of piperidine rings is 1. The van der Waals surface area contributed by atoms with Gasteiger partial charge in [0.25, 0.3) is 0 Å². The van der Waals surface area contributed by atoms with Crippen LogP contribution in [0.5, 0.6) is 0 Å². The molecule has 1 saturated heterocycles. The first-order valence-electron chi connectivity index (χ1n) is 7.33. The van der Waals surface area contributed by atoms with Gasteiger partial charge in [0, 0.05) is 25.9 Å². The van der Waals surface area contributed by atoms with Crippen molar-refractivity contribution in [1.82, 2.24) is 10.2 Å². The van der Waals surface area contributed by atoms with E-state index < -0.39 is 5.97 Å². The normalized spacial score (nSPS) is 17.9. The van der Waals surface area contributed by atoms with E-state index in [2.05, 4.69) is 5.32 Å². The molecule has 0 aromatic heterocycles. The summed E-state index contributed by atoms with van der Waals surface area (Å²) in [5.41, 5.74) is 1.31. The summed E-state index contributed by atoms with van der Waals surface area (Å²) in [6.07, 6.45) is 1.87. The molecule has 0 spiro atoms. The first-order chi connectivity index (χ1) is 10.5. The highest BCUT2D eigenvalue weighted by molar-refractivity contribution is 5.87. The van der Waals surface area contributed by atoms with Gasteiger partial charge in [-0.1, -0.05) is 12.1 Å². The Morgan fingerprint density at radius 1 is 1.27 bits per heavy atom. The summed E-state index contributed by atoms with van der Waals surface area (Å²) in [6.45, 7) is 2.71. The third-order valence-electron chi connectivity index (χ3n) is 3.89. The van der Waals surface area contributed by atoms with E-state index >= 15 is 0 Å². The lowest BCUT2D eigenvalue weighted by molar-refractivity contribution is -0.133. The summed E-state index contributed by atoms with van der Waals surface area (Å²) in [6, 6.07) is 6.82. The number of benzene rings is 1. The molecule has 2 amide bonds. The summed E-state index contributed by atoms with van der Waals surface area (Å²) in [7, 11) is 0. The number of nitrogens with zero attached hydrogens (tertiary/aromatic N) is 1. The maximum Gasteiger partial charge on any atom is 0.335 e. The fourth-order valence-corrected chi connectivity index (χ4v) is 2.69. The van der Waals surface area contributed by atoms with Crippen LogP contribution in [0.25, 0.3) is 0 Å². The van der Waals surface area contributed by atoms with Crippen LogP contribution >= 0.6 is 0 Å². The third-order valence-corrected chi connectivity index (χ3v) is 3.89. The minimum absolute atomic E-state index is 0.0278. The maximum atomic E-state index is 12.1. The Kier molecular flexibility index (Phi) is 5.14. The predicted octanol–water partition coefficient (Wildman–Crippen LogP) is 1.23. The second kappa shape index (κ2) is 7.06. The number of likely N-dealkylation sites (tertiary alicyclic amines) is 1. The van der Waals surface area contributed by atoms with Crippen LogP contribution in [-0.2, 0) is 9.59 Å². The van der Waals surface area contributed by atoms with E-state index in [1.165, 1.54) is 6.92 Å². The largest absolute Gasteiger partial charge is 0.478 e. The van der Waals surface area contributed by atoms with Crippen molar-refractivity contribution in [2.24, 2.45) is 0 Å². The van der Waals surface area contributed by atoms with Gasteiger partial charge in [0.2, 0.25) is 11.8 Å². The Bertz CT molecular complexity index is 568. The first kappa shape index (κ1) is 16.0. The van der Waals surface area contributed by atoms with Gasteiger partial charge in [-0.2, -0.15) is 0 Å². The number of carbonyl (C=O) groups excluding carboxylic acids is 2. The van der Waals surface area contributed by atoms with E-state index in [0.29, 0.717) is 13.1 Å². The monoisotopic (exact) mass is 304 g/mol. The number of carboxylic acids is 1. The topological polar surface area (TPSA) is 86.7 Å². The molecule has 1 aliphatic heterocycles. The molecule has 0 bridgehead atoms. The smallest absolute Gasteiger partial charge is 0.335 e. The number of nitrogens with one attached hydrogen (secondary N) is 1. The van der Waals surface area contributed by atoms with Gasteiger partial charge in [-0.25, -0.2) is 4.79 Å². The second-order valence-electron chi connectivity index (χ2n) is 5.52. The maximum absolute atomic E-state index is 12.1. The van der Waals surface area contributed by atoms with E-state index in [-0.39, 0.29) is 29.8 Å². The van der Waals surface area contributed by atoms with E-state index in [9.17, 15) is 14.4 Å². The SMILES string of the molecule is CC(=O)NCC(=O)N1CCCC(c2ccc(C(=O)O)cc2)C1. The number of rotatable bonds is 4. The van der Waals surface area contributed by atoms with E-state index in [4.69, 9.17) is 5.11 Å². The second-order valence-corrected chi connectivity index (χ2v) is 5.52. The number of carbonyl (C=O) groups is 3. The van der Waals surface area contributed by atoms with E-state index in [1.54, 1.807) is 17.0 Å². The van der Waals surface area contributed by atoms with Crippen molar-refractivity contribution in [1.29, 1.82) is 0 Å². The zero-order valence-electron chi connectivity index (χ0n) is 12.5. The summed E-state index contributed by atoms with van der Waals surface area (Å²) in [5, 5.41) is 11.4. The van der Waals surface area contributed by atoms with Crippen LogP contribution in [0.15, 0.2) is 24.3 Å². The standard InChI is InChI=1S/C16H20N2O4/c1-11(19)17-9-15(20)18-8-2-3-14(10-18)12-4-6-13(7-5-12)16(21)22/h4-7,14H,2-3,8-10H2,1H3,(H,17,19)(H,21,22). The van der Waals surface area contributed by atoms with Crippen molar-refractivity contribution in [3.63, 3.8) is 0 Å². The van der Waals surface area contributed by atoms with Gasteiger partial charge in [0.1, 0.15) is 0 Å². The molecule has 0 aliphatic carbocycles. The van der Waals surface area contributed by atoms with Gasteiger partial charge in [-0.15, -0.1) is 0 Å². The molecule has 1 aromatic rings. The number of hydrogen-bond acceptors (Lipinski definition) is 3. The third kappa shape index (κ3) is 4.07. The van der Waals surface area contributed by atoms with Gasteiger partial charge >= 0.3 is 5.97 Å². The summed E-state index contributed by atoms with van der Waals surface area (Å²) < 4.78 is 0. The van der Waals surface area contributed by atoms with Gasteiger partial charge in [0.05, 0.1) is 12.1 Å². The molecule has 22 heavy (non-hydrogen) atoms. The van der Waals surface area contributed by atoms with Crippen LogP contribution in [0.1, 0.15) is 41.6 Å². The molecule has 2 N–H and O–H groups in total. The summed E-state index contributed by atoms with van der Waals surface area (Å²) >= 11 is 0. The van der Waals surface area contributed by atoms with Gasteiger partial charge in [0.15, 0.2) is 0 Å². The molecule has 1 atom stereocenters. The molecule has 1 unspecified atom stereocenters. The van der Waals surface area contributed by atoms with E-state index in [0.717, 1.165) is 18.4 Å². The van der Waals surface area contributed by atoms with Crippen molar-refractivity contribution in [2.75, 3.05) is 19.6 Å².